The van der Waals surface area contributed by atoms with Crippen molar-refractivity contribution < 1.29 is 24.3 Å². The highest BCUT2D eigenvalue weighted by molar-refractivity contribution is 6.21. The van der Waals surface area contributed by atoms with Crippen LogP contribution in [0.15, 0.2) is 18.2 Å². The molecular weight excluding hydrogens is 300 g/mol. The Morgan fingerprint density at radius 3 is 2.39 bits per heavy atom. The first kappa shape index (κ1) is 16.7. The van der Waals surface area contributed by atoms with Gasteiger partial charge >= 0.3 is 5.97 Å². The molecule has 0 unspecified atom stereocenters. The normalized spacial score (nSPS) is 14.0. The van der Waals surface area contributed by atoms with Gasteiger partial charge in [-0.25, -0.2) is 0 Å². The summed E-state index contributed by atoms with van der Waals surface area (Å²) in [6, 6.07) is 4.33. The van der Waals surface area contributed by atoms with Gasteiger partial charge in [0.2, 0.25) is 0 Å². The van der Waals surface area contributed by atoms with E-state index in [9.17, 15) is 19.2 Å². The van der Waals surface area contributed by atoms with Crippen molar-refractivity contribution in [2.24, 2.45) is 0 Å². The lowest BCUT2D eigenvalue weighted by atomic mass is 9.97. The zero-order chi connectivity index (χ0) is 17.4. The fourth-order valence-electron chi connectivity index (χ4n) is 2.36. The summed E-state index contributed by atoms with van der Waals surface area (Å²) in [6.07, 6.45) is 0.217. The van der Waals surface area contributed by atoms with Gasteiger partial charge in [-0.05, 0) is 38.5 Å². The van der Waals surface area contributed by atoms with E-state index in [1.165, 1.54) is 25.2 Å². The van der Waals surface area contributed by atoms with Crippen molar-refractivity contribution in [3.63, 3.8) is 0 Å². The summed E-state index contributed by atoms with van der Waals surface area (Å²) in [5.74, 6) is -2.18. The molecule has 1 aliphatic heterocycles. The Hall–Kier alpha value is -2.70. The summed E-state index contributed by atoms with van der Waals surface area (Å²) >= 11 is 0. The van der Waals surface area contributed by atoms with Crippen LogP contribution < -0.4 is 5.32 Å². The smallest absolute Gasteiger partial charge is 0.303 e. The van der Waals surface area contributed by atoms with Gasteiger partial charge in [-0.2, -0.15) is 0 Å². The number of benzene rings is 1. The van der Waals surface area contributed by atoms with E-state index < -0.39 is 29.2 Å². The quantitative estimate of drug-likeness (QED) is 0.796. The SMILES string of the molecule is CN1C(=O)c2ccc(C(=O)NC(C)(C)CCC(=O)O)cc2C1=O. The average Bonchev–Trinajstić information content (AvgIpc) is 2.69. The second kappa shape index (κ2) is 5.83. The molecule has 1 aromatic carbocycles. The molecule has 0 aromatic heterocycles. The minimum Gasteiger partial charge on any atom is -0.481 e. The zero-order valence-electron chi connectivity index (χ0n) is 13.2. The molecule has 0 saturated carbocycles. The lowest BCUT2D eigenvalue weighted by Gasteiger charge is -2.25. The first-order chi connectivity index (χ1) is 10.6. The fourth-order valence-corrected chi connectivity index (χ4v) is 2.36. The van der Waals surface area contributed by atoms with Crippen LogP contribution >= 0.6 is 0 Å². The Balaban J connectivity index is 2.17. The van der Waals surface area contributed by atoms with E-state index in [1.54, 1.807) is 13.8 Å². The van der Waals surface area contributed by atoms with Gasteiger partial charge in [-0.3, -0.25) is 24.1 Å². The van der Waals surface area contributed by atoms with E-state index in [0.717, 1.165) is 4.90 Å². The summed E-state index contributed by atoms with van der Waals surface area (Å²) in [5.41, 5.74) is 0.0294. The summed E-state index contributed by atoms with van der Waals surface area (Å²) in [7, 11) is 1.39. The van der Waals surface area contributed by atoms with Crippen molar-refractivity contribution in [1.29, 1.82) is 0 Å². The Morgan fingerprint density at radius 2 is 1.78 bits per heavy atom. The Labute approximate surface area is 133 Å². The van der Waals surface area contributed by atoms with Crippen LogP contribution in [0.5, 0.6) is 0 Å². The number of carbonyl (C=O) groups is 4. The number of rotatable bonds is 5. The van der Waals surface area contributed by atoms with Crippen LogP contribution in [0.2, 0.25) is 0 Å². The monoisotopic (exact) mass is 318 g/mol. The number of imide groups is 1. The van der Waals surface area contributed by atoms with Crippen molar-refractivity contribution >= 4 is 23.7 Å². The standard InChI is InChI=1S/C16H18N2O5/c1-16(2,7-6-12(19)20)17-13(21)9-4-5-10-11(8-9)15(23)18(3)14(10)22/h4-5,8H,6-7H2,1-3H3,(H,17,21)(H,19,20). The lowest BCUT2D eigenvalue weighted by molar-refractivity contribution is -0.137. The van der Waals surface area contributed by atoms with Crippen molar-refractivity contribution in [2.75, 3.05) is 7.05 Å². The Morgan fingerprint density at radius 1 is 1.17 bits per heavy atom. The van der Waals surface area contributed by atoms with Crippen LogP contribution in [-0.2, 0) is 4.79 Å². The third-order valence-corrected chi connectivity index (χ3v) is 3.77. The molecule has 23 heavy (non-hydrogen) atoms. The molecule has 7 nitrogen and oxygen atoms in total. The van der Waals surface area contributed by atoms with Gasteiger partial charge in [0.05, 0.1) is 11.1 Å². The highest BCUT2D eigenvalue weighted by Gasteiger charge is 2.33. The largest absolute Gasteiger partial charge is 0.481 e. The number of nitrogens with one attached hydrogen (secondary N) is 1. The van der Waals surface area contributed by atoms with E-state index in [4.69, 9.17) is 5.11 Å². The molecule has 2 rings (SSSR count). The number of hydrogen-bond donors (Lipinski definition) is 2. The molecule has 0 spiro atoms. The van der Waals surface area contributed by atoms with Crippen molar-refractivity contribution in [2.45, 2.75) is 32.2 Å². The van der Waals surface area contributed by atoms with E-state index in [2.05, 4.69) is 5.32 Å². The van der Waals surface area contributed by atoms with Gasteiger partial charge in [0, 0.05) is 24.6 Å². The van der Waals surface area contributed by atoms with Crippen LogP contribution in [-0.4, -0.2) is 46.3 Å². The van der Waals surface area contributed by atoms with Gasteiger partial charge < -0.3 is 10.4 Å². The molecule has 1 aromatic rings. The second-order valence-electron chi connectivity index (χ2n) is 6.16. The summed E-state index contributed by atoms with van der Waals surface area (Å²) < 4.78 is 0. The maximum absolute atomic E-state index is 12.3. The van der Waals surface area contributed by atoms with Crippen LogP contribution in [0.25, 0.3) is 0 Å². The van der Waals surface area contributed by atoms with Gasteiger partial charge in [0.1, 0.15) is 0 Å². The van der Waals surface area contributed by atoms with Crippen LogP contribution in [0.4, 0.5) is 0 Å². The summed E-state index contributed by atoms with van der Waals surface area (Å²) in [5, 5.41) is 11.5. The molecule has 0 bridgehead atoms. The molecule has 2 N–H and O–H groups in total. The summed E-state index contributed by atoms with van der Waals surface area (Å²) in [6.45, 7) is 3.45. The highest BCUT2D eigenvalue weighted by Crippen LogP contribution is 2.23. The molecule has 0 radical (unpaired) electrons. The zero-order valence-corrected chi connectivity index (χ0v) is 13.2. The van der Waals surface area contributed by atoms with E-state index in [1.807, 2.05) is 0 Å². The number of fused-ring (bicyclic) bond motifs is 1. The highest BCUT2D eigenvalue weighted by atomic mass is 16.4. The maximum Gasteiger partial charge on any atom is 0.303 e. The van der Waals surface area contributed by atoms with E-state index in [-0.39, 0.29) is 29.5 Å². The minimum atomic E-state index is -0.933. The van der Waals surface area contributed by atoms with Crippen LogP contribution in [0, 0.1) is 0 Å². The number of nitrogens with zero attached hydrogens (tertiary/aromatic N) is 1. The van der Waals surface area contributed by atoms with Gasteiger partial charge in [0.15, 0.2) is 0 Å². The molecule has 1 aliphatic rings. The second-order valence-corrected chi connectivity index (χ2v) is 6.16. The molecule has 7 heteroatoms. The number of carboxylic acids is 1. The van der Waals surface area contributed by atoms with Crippen molar-refractivity contribution in [1.82, 2.24) is 10.2 Å². The van der Waals surface area contributed by atoms with Crippen molar-refractivity contribution in [3.05, 3.63) is 34.9 Å². The van der Waals surface area contributed by atoms with Crippen LogP contribution in [0.1, 0.15) is 57.8 Å². The van der Waals surface area contributed by atoms with Gasteiger partial charge in [-0.15, -0.1) is 0 Å². The van der Waals surface area contributed by atoms with E-state index >= 15 is 0 Å². The number of hydrogen-bond acceptors (Lipinski definition) is 4. The molecule has 1 heterocycles. The van der Waals surface area contributed by atoms with Crippen LogP contribution in [0.3, 0.4) is 0 Å². The predicted molar refractivity (Wildman–Crippen MR) is 81.3 cm³/mol. The third-order valence-electron chi connectivity index (χ3n) is 3.77. The van der Waals surface area contributed by atoms with E-state index in [0.29, 0.717) is 0 Å². The Bertz CT molecular complexity index is 708. The molecule has 3 amide bonds. The van der Waals surface area contributed by atoms with Gasteiger partial charge in [0.25, 0.3) is 17.7 Å². The lowest BCUT2D eigenvalue weighted by Crippen LogP contribution is -2.43. The van der Waals surface area contributed by atoms with Gasteiger partial charge in [-0.1, -0.05) is 0 Å². The molecule has 122 valence electrons. The average molecular weight is 318 g/mol. The number of carbonyl (C=O) groups excluding carboxylic acids is 3. The number of carboxylic acid groups (broad SMARTS) is 1. The molecular formula is C16H18N2O5. The predicted octanol–water partition coefficient (Wildman–Crippen LogP) is 1.29. The minimum absolute atomic E-state index is 0.0603. The number of amides is 3. The first-order valence-electron chi connectivity index (χ1n) is 7.13. The summed E-state index contributed by atoms with van der Waals surface area (Å²) in [4.78, 5) is 47.7. The number of aliphatic carboxylic acids is 1. The molecule has 0 aliphatic carbocycles. The molecule has 0 atom stereocenters. The van der Waals surface area contributed by atoms with Crippen molar-refractivity contribution in [3.8, 4) is 0 Å². The first-order valence-corrected chi connectivity index (χ1v) is 7.13. The fraction of sp³-hybridized carbons (Fsp3) is 0.375. The third kappa shape index (κ3) is 3.39. The topological polar surface area (TPSA) is 104 Å². The Kier molecular flexibility index (Phi) is 4.22. The molecule has 0 fully saturated rings. The maximum atomic E-state index is 12.3. The molecule has 0 saturated heterocycles.